The smallest absolute Gasteiger partial charge is 0.242 e. The summed E-state index contributed by atoms with van der Waals surface area (Å²) in [6.07, 6.45) is 3.37. The first-order valence-corrected chi connectivity index (χ1v) is 7.11. The highest BCUT2D eigenvalue weighted by molar-refractivity contribution is 5.88. The minimum absolute atomic E-state index is 0.0487. The standard InChI is InChI=1S/C14H27N3O2/c1-14(2,3)8-10(9-15)12(18)17-11-6-4-5-7-16-13(11)19/h10-11H,4-9,15H2,1-3H3,(H,16,19)(H,17,18). The Morgan fingerprint density at radius 1 is 1.47 bits per heavy atom. The second kappa shape index (κ2) is 6.89. The third-order valence-corrected chi connectivity index (χ3v) is 3.37. The minimum atomic E-state index is -0.399. The van der Waals surface area contributed by atoms with Crippen LogP contribution < -0.4 is 16.4 Å². The van der Waals surface area contributed by atoms with Crippen LogP contribution in [0.2, 0.25) is 0 Å². The molecule has 1 saturated heterocycles. The lowest BCUT2D eigenvalue weighted by Gasteiger charge is -2.26. The van der Waals surface area contributed by atoms with E-state index >= 15 is 0 Å². The van der Waals surface area contributed by atoms with E-state index in [0.717, 1.165) is 19.3 Å². The maximum absolute atomic E-state index is 12.2. The average molecular weight is 269 g/mol. The molecule has 2 unspecified atom stereocenters. The number of carbonyl (C=O) groups is 2. The number of carbonyl (C=O) groups excluding carboxylic acids is 2. The number of hydrogen-bond donors (Lipinski definition) is 3. The van der Waals surface area contributed by atoms with Gasteiger partial charge in [0.15, 0.2) is 0 Å². The lowest BCUT2D eigenvalue weighted by Crippen LogP contribution is -2.49. The summed E-state index contributed by atoms with van der Waals surface area (Å²) in [4.78, 5) is 24.0. The molecule has 0 saturated carbocycles. The van der Waals surface area contributed by atoms with Crippen molar-refractivity contribution < 1.29 is 9.59 Å². The molecule has 2 atom stereocenters. The van der Waals surface area contributed by atoms with Gasteiger partial charge in [0.05, 0.1) is 5.92 Å². The Kier molecular flexibility index (Phi) is 5.79. The topological polar surface area (TPSA) is 84.2 Å². The molecule has 0 aromatic heterocycles. The van der Waals surface area contributed by atoms with Crippen LogP contribution in [-0.2, 0) is 9.59 Å². The fourth-order valence-corrected chi connectivity index (χ4v) is 2.39. The minimum Gasteiger partial charge on any atom is -0.354 e. The van der Waals surface area contributed by atoms with Crippen LogP contribution in [0.25, 0.3) is 0 Å². The van der Waals surface area contributed by atoms with Crippen molar-refractivity contribution in [1.29, 1.82) is 0 Å². The van der Waals surface area contributed by atoms with Crippen LogP contribution in [0.1, 0.15) is 46.5 Å². The van der Waals surface area contributed by atoms with Crippen molar-refractivity contribution >= 4 is 11.8 Å². The van der Waals surface area contributed by atoms with Gasteiger partial charge in [0.25, 0.3) is 0 Å². The summed E-state index contributed by atoms with van der Waals surface area (Å²) < 4.78 is 0. The van der Waals surface area contributed by atoms with Crippen LogP contribution in [0.4, 0.5) is 0 Å². The Morgan fingerprint density at radius 3 is 2.74 bits per heavy atom. The van der Waals surface area contributed by atoms with Crippen molar-refractivity contribution in [1.82, 2.24) is 10.6 Å². The maximum atomic E-state index is 12.2. The number of amides is 2. The molecule has 4 N–H and O–H groups in total. The summed E-state index contributed by atoms with van der Waals surface area (Å²) in [7, 11) is 0. The van der Waals surface area contributed by atoms with Gasteiger partial charge in [-0.3, -0.25) is 9.59 Å². The van der Waals surface area contributed by atoms with Gasteiger partial charge in [-0.25, -0.2) is 0 Å². The van der Waals surface area contributed by atoms with Crippen LogP contribution in [-0.4, -0.2) is 30.9 Å². The Hall–Kier alpha value is -1.10. The SMILES string of the molecule is CC(C)(C)CC(CN)C(=O)NC1CCCCNC1=O. The summed E-state index contributed by atoms with van der Waals surface area (Å²) in [5.41, 5.74) is 5.74. The number of nitrogens with two attached hydrogens (primary N) is 1. The fourth-order valence-electron chi connectivity index (χ4n) is 2.39. The summed E-state index contributed by atoms with van der Waals surface area (Å²) in [5, 5.41) is 5.67. The van der Waals surface area contributed by atoms with E-state index < -0.39 is 6.04 Å². The molecule has 110 valence electrons. The van der Waals surface area contributed by atoms with Gasteiger partial charge in [-0.2, -0.15) is 0 Å². The van der Waals surface area contributed by atoms with Crippen LogP contribution in [0, 0.1) is 11.3 Å². The third-order valence-electron chi connectivity index (χ3n) is 3.37. The molecule has 1 aliphatic heterocycles. The molecule has 0 bridgehead atoms. The average Bonchev–Trinajstić information content (AvgIpc) is 2.50. The normalized spacial score (nSPS) is 22.3. The quantitative estimate of drug-likeness (QED) is 0.705. The number of hydrogen-bond acceptors (Lipinski definition) is 3. The van der Waals surface area contributed by atoms with Crippen molar-refractivity contribution in [2.45, 2.75) is 52.5 Å². The molecule has 0 aromatic rings. The lowest BCUT2D eigenvalue weighted by molar-refractivity contribution is -0.131. The Labute approximate surface area is 115 Å². The second-order valence-electron chi connectivity index (χ2n) is 6.55. The van der Waals surface area contributed by atoms with Crippen LogP contribution in [0.5, 0.6) is 0 Å². The fraction of sp³-hybridized carbons (Fsp3) is 0.857. The molecule has 5 nitrogen and oxygen atoms in total. The molecule has 5 heteroatoms. The van der Waals surface area contributed by atoms with Gasteiger partial charge in [0, 0.05) is 13.1 Å². The van der Waals surface area contributed by atoms with E-state index in [0.29, 0.717) is 19.5 Å². The summed E-state index contributed by atoms with van der Waals surface area (Å²) >= 11 is 0. The maximum Gasteiger partial charge on any atom is 0.242 e. The van der Waals surface area contributed by atoms with E-state index in [1.54, 1.807) is 0 Å². The predicted octanol–water partition coefficient (Wildman–Crippen LogP) is 0.782. The molecule has 1 heterocycles. The largest absolute Gasteiger partial charge is 0.354 e. The molecule has 0 spiro atoms. The van der Waals surface area contributed by atoms with E-state index in [4.69, 9.17) is 5.73 Å². The van der Waals surface area contributed by atoms with E-state index in [-0.39, 0.29) is 23.1 Å². The van der Waals surface area contributed by atoms with Crippen molar-refractivity contribution in [2.24, 2.45) is 17.1 Å². The highest BCUT2D eigenvalue weighted by atomic mass is 16.2. The summed E-state index contributed by atoms with van der Waals surface area (Å²) in [5.74, 6) is -0.395. The first kappa shape index (κ1) is 16.0. The van der Waals surface area contributed by atoms with Gasteiger partial charge < -0.3 is 16.4 Å². The van der Waals surface area contributed by atoms with Gasteiger partial charge in [0.2, 0.25) is 11.8 Å². The van der Waals surface area contributed by atoms with Gasteiger partial charge in [-0.15, -0.1) is 0 Å². The van der Waals surface area contributed by atoms with E-state index in [1.807, 2.05) is 0 Å². The highest BCUT2D eigenvalue weighted by Gasteiger charge is 2.28. The third kappa shape index (κ3) is 5.59. The van der Waals surface area contributed by atoms with Gasteiger partial charge in [0.1, 0.15) is 6.04 Å². The first-order chi connectivity index (χ1) is 8.83. The molecule has 1 fully saturated rings. The Bertz CT molecular complexity index is 323. The van der Waals surface area contributed by atoms with Gasteiger partial charge >= 0.3 is 0 Å². The first-order valence-electron chi connectivity index (χ1n) is 7.11. The predicted molar refractivity (Wildman–Crippen MR) is 75.4 cm³/mol. The van der Waals surface area contributed by atoms with Crippen molar-refractivity contribution in [2.75, 3.05) is 13.1 Å². The molecule has 1 rings (SSSR count). The molecule has 0 aromatic carbocycles. The molecule has 19 heavy (non-hydrogen) atoms. The lowest BCUT2D eigenvalue weighted by atomic mass is 9.84. The zero-order chi connectivity index (χ0) is 14.5. The van der Waals surface area contributed by atoms with E-state index in [9.17, 15) is 9.59 Å². The molecular formula is C14H27N3O2. The van der Waals surface area contributed by atoms with Crippen molar-refractivity contribution in [3.8, 4) is 0 Å². The molecule has 1 aliphatic rings. The van der Waals surface area contributed by atoms with Crippen molar-refractivity contribution in [3.05, 3.63) is 0 Å². The molecule has 2 amide bonds. The summed E-state index contributed by atoms with van der Waals surface area (Å²) in [6, 6.07) is -0.399. The number of rotatable bonds is 4. The van der Waals surface area contributed by atoms with Gasteiger partial charge in [-0.05, 0) is 31.1 Å². The second-order valence-corrected chi connectivity index (χ2v) is 6.55. The van der Waals surface area contributed by atoms with Crippen molar-refractivity contribution in [3.63, 3.8) is 0 Å². The van der Waals surface area contributed by atoms with E-state index in [2.05, 4.69) is 31.4 Å². The molecule has 0 aliphatic carbocycles. The van der Waals surface area contributed by atoms with Crippen LogP contribution in [0.3, 0.4) is 0 Å². The zero-order valence-electron chi connectivity index (χ0n) is 12.3. The zero-order valence-corrected chi connectivity index (χ0v) is 12.3. The van der Waals surface area contributed by atoms with Gasteiger partial charge in [-0.1, -0.05) is 20.8 Å². The highest BCUT2D eigenvalue weighted by Crippen LogP contribution is 2.24. The molecule has 0 radical (unpaired) electrons. The summed E-state index contributed by atoms with van der Waals surface area (Å²) in [6.45, 7) is 7.27. The molecular weight excluding hydrogens is 242 g/mol. The van der Waals surface area contributed by atoms with E-state index in [1.165, 1.54) is 0 Å². The Balaban J connectivity index is 2.58. The number of nitrogens with one attached hydrogen (secondary N) is 2. The van der Waals surface area contributed by atoms with Crippen LogP contribution >= 0.6 is 0 Å². The monoisotopic (exact) mass is 269 g/mol. The Morgan fingerprint density at radius 2 is 2.16 bits per heavy atom. The van der Waals surface area contributed by atoms with Crippen LogP contribution in [0.15, 0.2) is 0 Å².